The summed E-state index contributed by atoms with van der Waals surface area (Å²) in [6.07, 6.45) is 8.08. The fourth-order valence-corrected chi connectivity index (χ4v) is 4.86. The van der Waals surface area contributed by atoms with Crippen LogP contribution < -0.4 is 0 Å². The van der Waals surface area contributed by atoms with Crippen molar-refractivity contribution in [3.05, 3.63) is 42.0 Å². The van der Waals surface area contributed by atoms with E-state index in [4.69, 9.17) is 0 Å². The van der Waals surface area contributed by atoms with Crippen LogP contribution in [0.3, 0.4) is 0 Å². The first-order chi connectivity index (χ1) is 11.1. The number of nitrogens with zero attached hydrogens (tertiary/aromatic N) is 2. The summed E-state index contributed by atoms with van der Waals surface area (Å²) >= 11 is 0. The van der Waals surface area contributed by atoms with Crippen LogP contribution in [-0.2, 0) is 9.59 Å². The number of carbonyl (C=O) groups excluding carboxylic acids is 2. The van der Waals surface area contributed by atoms with E-state index in [0.29, 0.717) is 0 Å². The maximum absolute atomic E-state index is 12.7. The first-order valence-corrected chi connectivity index (χ1v) is 8.01. The monoisotopic (exact) mass is 308 g/mol. The van der Waals surface area contributed by atoms with E-state index in [1.165, 1.54) is 6.21 Å². The van der Waals surface area contributed by atoms with Crippen molar-refractivity contribution in [1.82, 2.24) is 5.01 Å². The zero-order valence-electron chi connectivity index (χ0n) is 12.4. The number of rotatable bonds is 2. The zero-order valence-corrected chi connectivity index (χ0v) is 12.4. The Morgan fingerprint density at radius 3 is 2.13 bits per heavy atom. The molecule has 2 amide bonds. The van der Waals surface area contributed by atoms with Crippen molar-refractivity contribution in [2.24, 2.45) is 34.2 Å². The minimum absolute atomic E-state index is 0.154. The molecule has 5 rings (SSSR count). The van der Waals surface area contributed by atoms with Gasteiger partial charge in [0.2, 0.25) is 0 Å². The maximum atomic E-state index is 12.7. The second-order valence-corrected chi connectivity index (χ2v) is 7.05. The highest BCUT2D eigenvalue weighted by Crippen LogP contribution is 2.73. The molecule has 1 heterocycles. The lowest BCUT2D eigenvalue weighted by atomic mass is 9.85. The smallest absolute Gasteiger partial charge is 0.254 e. The Hall–Kier alpha value is -2.43. The predicted octanol–water partition coefficient (Wildman–Crippen LogP) is 1.92. The van der Waals surface area contributed by atoms with Gasteiger partial charge in [0.15, 0.2) is 0 Å². The lowest BCUT2D eigenvalue weighted by Crippen LogP contribution is -2.30. The Balaban J connectivity index is 1.43. The number of phenols is 1. The third kappa shape index (κ3) is 1.54. The third-order valence-electron chi connectivity index (χ3n) is 6.04. The average molecular weight is 308 g/mol. The zero-order chi connectivity index (χ0) is 15.8. The normalized spacial score (nSPS) is 35.7. The van der Waals surface area contributed by atoms with Gasteiger partial charge in [0.25, 0.3) is 11.8 Å². The Bertz CT molecular complexity index is 742. The summed E-state index contributed by atoms with van der Waals surface area (Å²) < 4.78 is 0. The second-order valence-electron chi connectivity index (χ2n) is 7.05. The highest BCUT2D eigenvalue weighted by atomic mass is 16.3. The standard InChI is InChI=1S/C18H16N2O3/c21-11-3-1-10(2-4-11)9-19-20-16(22)14-12-5-6-13(15(14)17(20)23)18(12)7-8-18/h1-6,9,12-15,21H,7-8H2/b19-9+/t12-,13+,14-,15-/m0/s1. The Kier molecular flexibility index (Phi) is 2.33. The van der Waals surface area contributed by atoms with Crippen molar-refractivity contribution in [2.45, 2.75) is 12.8 Å². The van der Waals surface area contributed by atoms with E-state index in [1.807, 2.05) is 0 Å². The lowest BCUT2D eigenvalue weighted by Gasteiger charge is -2.18. The maximum Gasteiger partial charge on any atom is 0.254 e. The first-order valence-electron chi connectivity index (χ1n) is 8.01. The molecule has 0 unspecified atom stereocenters. The van der Waals surface area contributed by atoms with Gasteiger partial charge in [-0.25, -0.2) is 0 Å². The molecule has 5 heteroatoms. The molecule has 1 saturated heterocycles. The molecule has 116 valence electrons. The molecule has 3 fully saturated rings. The molecule has 1 aromatic carbocycles. The fourth-order valence-electron chi connectivity index (χ4n) is 4.86. The van der Waals surface area contributed by atoms with Gasteiger partial charge in [-0.05, 0) is 59.9 Å². The highest BCUT2D eigenvalue weighted by Gasteiger charge is 2.73. The number of benzene rings is 1. The van der Waals surface area contributed by atoms with Crippen LogP contribution in [0.15, 0.2) is 41.5 Å². The van der Waals surface area contributed by atoms with Crippen molar-refractivity contribution in [2.75, 3.05) is 0 Å². The van der Waals surface area contributed by atoms with E-state index < -0.39 is 0 Å². The van der Waals surface area contributed by atoms with Gasteiger partial charge in [-0.1, -0.05) is 12.2 Å². The number of fused-ring (bicyclic) bond motifs is 3. The number of hydrogen-bond acceptors (Lipinski definition) is 4. The van der Waals surface area contributed by atoms with Crippen molar-refractivity contribution < 1.29 is 14.7 Å². The molecular weight excluding hydrogens is 292 g/mol. The number of aromatic hydroxyl groups is 1. The summed E-state index contributed by atoms with van der Waals surface area (Å²) in [5.74, 6) is -0.113. The molecule has 0 radical (unpaired) electrons. The summed E-state index contributed by atoms with van der Waals surface area (Å²) in [5.41, 5.74) is 0.952. The Morgan fingerprint density at radius 2 is 1.61 bits per heavy atom. The summed E-state index contributed by atoms with van der Waals surface area (Å²) in [5, 5.41) is 14.5. The van der Waals surface area contributed by atoms with E-state index >= 15 is 0 Å². The van der Waals surface area contributed by atoms with Crippen LogP contribution >= 0.6 is 0 Å². The fraction of sp³-hybridized carbons (Fsp3) is 0.389. The molecule has 4 aliphatic rings. The Morgan fingerprint density at radius 1 is 1.04 bits per heavy atom. The van der Waals surface area contributed by atoms with Gasteiger partial charge in [0, 0.05) is 0 Å². The molecule has 3 aliphatic carbocycles. The van der Waals surface area contributed by atoms with Crippen LogP contribution in [-0.4, -0.2) is 28.1 Å². The minimum Gasteiger partial charge on any atom is -0.508 e. The molecule has 2 bridgehead atoms. The quantitative estimate of drug-likeness (QED) is 0.515. The predicted molar refractivity (Wildman–Crippen MR) is 82.3 cm³/mol. The second kappa shape index (κ2) is 4.10. The minimum atomic E-state index is -0.211. The third-order valence-corrected chi connectivity index (χ3v) is 6.04. The van der Waals surface area contributed by atoms with Crippen LogP contribution in [0.5, 0.6) is 5.75 Å². The van der Waals surface area contributed by atoms with Crippen molar-refractivity contribution >= 4 is 18.0 Å². The number of hydrazone groups is 1. The van der Waals surface area contributed by atoms with E-state index in [9.17, 15) is 14.7 Å². The van der Waals surface area contributed by atoms with Crippen molar-refractivity contribution in [3.8, 4) is 5.75 Å². The number of allylic oxidation sites excluding steroid dienone is 2. The number of amides is 2. The lowest BCUT2D eigenvalue weighted by molar-refractivity contribution is -0.141. The van der Waals surface area contributed by atoms with Crippen LogP contribution in [0.25, 0.3) is 0 Å². The number of carbonyl (C=O) groups is 2. The average Bonchev–Trinajstić information content (AvgIpc) is 3.15. The van der Waals surface area contributed by atoms with Crippen LogP contribution in [0.1, 0.15) is 18.4 Å². The van der Waals surface area contributed by atoms with Crippen LogP contribution in [0, 0.1) is 29.1 Å². The Labute approximate surface area is 133 Å². The number of phenolic OH excluding ortho intramolecular Hbond substituents is 1. The van der Waals surface area contributed by atoms with E-state index in [2.05, 4.69) is 17.3 Å². The highest BCUT2D eigenvalue weighted by molar-refractivity contribution is 6.07. The molecule has 23 heavy (non-hydrogen) atoms. The topological polar surface area (TPSA) is 70.0 Å². The van der Waals surface area contributed by atoms with Gasteiger partial charge in [-0.2, -0.15) is 10.1 Å². The van der Waals surface area contributed by atoms with Gasteiger partial charge < -0.3 is 5.11 Å². The van der Waals surface area contributed by atoms with E-state index in [-0.39, 0.29) is 46.7 Å². The van der Waals surface area contributed by atoms with Crippen molar-refractivity contribution in [3.63, 3.8) is 0 Å². The van der Waals surface area contributed by atoms with E-state index in [1.54, 1.807) is 24.3 Å². The van der Waals surface area contributed by atoms with Gasteiger partial charge >= 0.3 is 0 Å². The molecule has 0 aromatic heterocycles. The summed E-state index contributed by atoms with van der Waals surface area (Å²) in [4.78, 5) is 25.4. The summed E-state index contributed by atoms with van der Waals surface area (Å²) in [6, 6.07) is 6.47. The molecule has 2 saturated carbocycles. The van der Waals surface area contributed by atoms with Crippen molar-refractivity contribution in [1.29, 1.82) is 0 Å². The van der Waals surface area contributed by atoms with Gasteiger partial charge in [-0.15, -0.1) is 0 Å². The SMILES string of the molecule is O=C1[C@@H]2[C@@H](C(=O)N1/N=C/c1ccc(O)cc1)[C@@H]1C=C[C@H]2C12CC2. The van der Waals surface area contributed by atoms with Gasteiger partial charge in [0.1, 0.15) is 5.75 Å². The summed E-state index contributed by atoms with van der Waals surface area (Å²) in [6.45, 7) is 0. The van der Waals surface area contributed by atoms with Gasteiger partial charge in [0.05, 0.1) is 18.1 Å². The molecule has 4 atom stereocenters. The molecule has 5 nitrogen and oxygen atoms in total. The van der Waals surface area contributed by atoms with E-state index in [0.717, 1.165) is 23.4 Å². The molecule has 1 aliphatic heterocycles. The molecule has 1 spiro atoms. The molecule has 1 aromatic rings. The largest absolute Gasteiger partial charge is 0.508 e. The molecule has 1 N–H and O–H groups in total. The molecular formula is C18H16N2O3. The van der Waals surface area contributed by atoms with Crippen LogP contribution in [0.2, 0.25) is 0 Å². The first kappa shape index (κ1) is 13.0. The van der Waals surface area contributed by atoms with Gasteiger partial charge in [-0.3, -0.25) is 9.59 Å². The summed E-state index contributed by atoms with van der Waals surface area (Å²) in [7, 11) is 0. The number of hydrogen-bond donors (Lipinski definition) is 1. The number of imide groups is 1. The van der Waals surface area contributed by atoms with Crippen LogP contribution in [0.4, 0.5) is 0 Å².